The average molecular weight is 526 g/mol. The van der Waals surface area contributed by atoms with Crippen LogP contribution < -0.4 is 5.32 Å². The molecule has 214 valence electrons. The lowest BCUT2D eigenvalue weighted by Crippen LogP contribution is -2.60. The molecule has 6 atom stereocenters. The molecule has 8 nitrogen and oxygen atoms in total. The number of rotatable bonds is 11. The molecule has 1 N–H and O–H groups in total. The Morgan fingerprint density at radius 3 is 1.89 bits per heavy atom. The van der Waals surface area contributed by atoms with Crippen LogP contribution >= 0.6 is 0 Å². The van der Waals surface area contributed by atoms with Gasteiger partial charge in [0, 0.05) is 25.7 Å². The fourth-order valence-electron chi connectivity index (χ4n) is 6.10. The number of Topliss-reactive ketones (excluding diaryl/α,β-unsaturated/α-hetero) is 2. The molecule has 0 aliphatic carbocycles. The van der Waals surface area contributed by atoms with E-state index in [9.17, 15) is 19.2 Å². The van der Waals surface area contributed by atoms with Crippen molar-refractivity contribution in [1.82, 2.24) is 5.32 Å². The minimum absolute atomic E-state index is 0.0166. The second-order valence-corrected chi connectivity index (χ2v) is 12.6. The molecule has 37 heavy (non-hydrogen) atoms. The molecule has 5 unspecified atom stereocenters. The Bertz CT molecular complexity index is 809. The summed E-state index contributed by atoms with van der Waals surface area (Å²) in [4.78, 5) is 51.3. The van der Waals surface area contributed by atoms with Crippen LogP contribution in [0.2, 0.25) is 0 Å². The third-order valence-electron chi connectivity index (χ3n) is 8.00. The van der Waals surface area contributed by atoms with Crippen LogP contribution in [-0.2, 0) is 33.4 Å². The summed E-state index contributed by atoms with van der Waals surface area (Å²) in [7, 11) is 0. The summed E-state index contributed by atoms with van der Waals surface area (Å²) in [5, 5.41) is 3.01. The fourth-order valence-corrected chi connectivity index (χ4v) is 6.10. The lowest BCUT2D eigenvalue weighted by Gasteiger charge is -2.52. The molecule has 0 spiro atoms. The van der Waals surface area contributed by atoms with E-state index in [4.69, 9.17) is 14.2 Å². The van der Waals surface area contributed by atoms with E-state index in [0.717, 1.165) is 0 Å². The van der Waals surface area contributed by atoms with Gasteiger partial charge in [0.05, 0.1) is 24.2 Å². The first kappa shape index (κ1) is 33.2. The highest BCUT2D eigenvalue weighted by Crippen LogP contribution is 2.54. The molecule has 8 heteroatoms. The van der Waals surface area contributed by atoms with Gasteiger partial charge < -0.3 is 19.5 Å². The maximum absolute atomic E-state index is 14.1. The highest BCUT2D eigenvalue weighted by Gasteiger charge is 2.60. The predicted octanol–water partition coefficient (Wildman–Crippen LogP) is 4.72. The van der Waals surface area contributed by atoms with Gasteiger partial charge in [-0.05, 0) is 22.7 Å². The summed E-state index contributed by atoms with van der Waals surface area (Å²) in [6.07, 6.45) is -0.681. The SMILES string of the molecule is CCC(=O)NC1C(OC[C@H](C)C(=O)C(C(=O)CC)(C(C)(C)C)C(C)(C)C)OC(COC(C)=O)C(C)C1C. The second-order valence-electron chi connectivity index (χ2n) is 12.6. The van der Waals surface area contributed by atoms with Crippen LogP contribution in [0.3, 0.4) is 0 Å². The average Bonchev–Trinajstić information content (AvgIpc) is 2.78. The van der Waals surface area contributed by atoms with Gasteiger partial charge in [-0.15, -0.1) is 0 Å². The first-order valence-corrected chi connectivity index (χ1v) is 13.6. The van der Waals surface area contributed by atoms with E-state index in [-0.39, 0.29) is 48.9 Å². The summed E-state index contributed by atoms with van der Waals surface area (Å²) in [5.41, 5.74) is -2.43. The highest BCUT2D eigenvalue weighted by molar-refractivity contribution is 6.09. The molecule has 0 saturated carbocycles. The Hall–Kier alpha value is -1.80. The zero-order valence-corrected chi connectivity index (χ0v) is 25.2. The van der Waals surface area contributed by atoms with Gasteiger partial charge in [-0.2, -0.15) is 0 Å². The zero-order valence-electron chi connectivity index (χ0n) is 25.2. The van der Waals surface area contributed by atoms with Crippen LogP contribution in [-0.4, -0.2) is 55.1 Å². The molecule has 0 radical (unpaired) electrons. The number of amides is 1. The summed E-state index contributed by atoms with van der Waals surface area (Å²) in [6.45, 7) is 22.5. The Morgan fingerprint density at radius 1 is 0.919 bits per heavy atom. The van der Waals surface area contributed by atoms with E-state index in [1.165, 1.54) is 6.92 Å². The van der Waals surface area contributed by atoms with Gasteiger partial charge in [0.25, 0.3) is 0 Å². The quantitative estimate of drug-likeness (QED) is 0.307. The number of hydrogen-bond donors (Lipinski definition) is 1. The first-order valence-electron chi connectivity index (χ1n) is 13.6. The van der Waals surface area contributed by atoms with Crippen molar-refractivity contribution in [2.75, 3.05) is 13.2 Å². The number of ketones is 2. The number of nitrogens with one attached hydrogen (secondary N) is 1. The van der Waals surface area contributed by atoms with Crippen LogP contribution in [0.4, 0.5) is 0 Å². The van der Waals surface area contributed by atoms with Crippen molar-refractivity contribution in [1.29, 1.82) is 0 Å². The van der Waals surface area contributed by atoms with E-state index in [1.54, 1.807) is 20.8 Å². The Labute approximate surface area is 223 Å². The fraction of sp³-hybridized carbons (Fsp3) is 0.862. The third kappa shape index (κ3) is 7.20. The summed E-state index contributed by atoms with van der Waals surface area (Å²) < 4.78 is 17.6. The molecule has 1 heterocycles. The topological polar surface area (TPSA) is 108 Å². The molecular weight excluding hydrogens is 474 g/mol. The van der Waals surface area contributed by atoms with Crippen LogP contribution in [0.15, 0.2) is 0 Å². The standard InChI is InChI=1S/C29H51NO7/c1-13-22(32)29(27(7,8)9,28(10,11)12)25(34)17(3)15-36-26-24(30-23(33)14-2)19(5)18(4)21(37-26)16-35-20(6)31/h17-19,21,24,26H,13-16H2,1-12H3,(H,30,33)/t17-,18?,19?,21?,24?,26?/m0/s1. The normalized spacial score (nSPS) is 25.8. The smallest absolute Gasteiger partial charge is 0.302 e. The minimum Gasteiger partial charge on any atom is -0.463 e. The van der Waals surface area contributed by atoms with Crippen molar-refractivity contribution in [2.45, 2.75) is 114 Å². The molecule has 1 rings (SSSR count). The van der Waals surface area contributed by atoms with Crippen LogP contribution in [0.5, 0.6) is 0 Å². The maximum Gasteiger partial charge on any atom is 0.302 e. The number of esters is 1. The van der Waals surface area contributed by atoms with Gasteiger partial charge in [0.2, 0.25) is 5.91 Å². The van der Waals surface area contributed by atoms with Gasteiger partial charge in [-0.3, -0.25) is 19.2 Å². The molecule has 1 amide bonds. The lowest BCUT2D eigenvalue weighted by atomic mass is 9.48. The van der Waals surface area contributed by atoms with Gasteiger partial charge in [-0.25, -0.2) is 0 Å². The summed E-state index contributed by atoms with van der Waals surface area (Å²) in [6, 6.07) is -0.439. The first-order chi connectivity index (χ1) is 16.9. The van der Waals surface area contributed by atoms with E-state index in [0.29, 0.717) is 6.42 Å². The van der Waals surface area contributed by atoms with Crippen molar-refractivity contribution >= 4 is 23.4 Å². The van der Waals surface area contributed by atoms with E-state index in [1.807, 2.05) is 55.4 Å². The highest BCUT2D eigenvalue weighted by atomic mass is 16.7. The van der Waals surface area contributed by atoms with Crippen LogP contribution in [0.25, 0.3) is 0 Å². The van der Waals surface area contributed by atoms with Crippen LogP contribution in [0.1, 0.15) is 95.9 Å². The zero-order chi connectivity index (χ0) is 28.9. The van der Waals surface area contributed by atoms with Crippen molar-refractivity contribution in [2.24, 2.45) is 34.0 Å². The van der Waals surface area contributed by atoms with Gasteiger partial charge in [0.15, 0.2) is 12.1 Å². The number of carbonyl (C=O) groups excluding carboxylic acids is 4. The molecule has 1 saturated heterocycles. The molecule has 0 aromatic heterocycles. The van der Waals surface area contributed by atoms with Crippen LogP contribution in [0, 0.1) is 34.0 Å². The molecule has 1 aliphatic heterocycles. The molecule has 1 aliphatic rings. The molecule has 0 aromatic carbocycles. The van der Waals surface area contributed by atoms with Crippen molar-refractivity contribution < 1.29 is 33.4 Å². The predicted molar refractivity (Wildman–Crippen MR) is 143 cm³/mol. The van der Waals surface area contributed by atoms with Crippen molar-refractivity contribution in [3.63, 3.8) is 0 Å². The number of ether oxygens (including phenoxy) is 3. The summed E-state index contributed by atoms with van der Waals surface area (Å²) in [5.74, 6) is -1.40. The summed E-state index contributed by atoms with van der Waals surface area (Å²) >= 11 is 0. The minimum atomic E-state index is -1.21. The maximum atomic E-state index is 14.1. The monoisotopic (exact) mass is 525 g/mol. The Kier molecular flexibility index (Phi) is 11.5. The van der Waals surface area contributed by atoms with Crippen molar-refractivity contribution in [3.05, 3.63) is 0 Å². The van der Waals surface area contributed by atoms with Crippen molar-refractivity contribution in [3.8, 4) is 0 Å². The number of hydrogen-bond acceptors (Lipinski definition) is 7. The third-order valence-corrected chi connectivity index (χ3v) is 8.00. The Balaban J connectivity index is 3.28. The van der Waals surface area contributed by atoms with Gasteiger partial charge in [0.1, 0.15) is 12.4 Å². The molecule has 0 aromatic rings. The molecular formula is C29H51NO7. The largest absolute Gasteiger partial charge is 0.463 e. The van der Waals surface area contributed by atoms with E-state index < -0.39 is 46.6 Å². The lowest BCUT2D eigenvalue weighted by molar-refractivity contribution is -0.247. The van der Waals surface area contributed by atoms with E-state index >= 15 is 0 Å². The Morgan fingerprint density at radius 2 is 1.46 bits per heavy atom. The van der Waals surface area contributed by atoms with E-state index in [2.05, 4.69) is 5.32 Å². The molecule has 0 bridgehead atoms. The second kappa shape index (κ2) is 12.8. The number of carbonyl (C=O) groups is 4. The molecule has 1 fully saturated rings. The van der Waals surface area contributed by atoms with Gasteiger partial charge >= 0.3 is 5.97 Å². The van der Waals surface area contributed by atoms with Gasteiger partial charge in [-0.1, -0.05) is 76.2 Å².